The quantitative estimate of drug-likeness (QED) is 0.782. The Balaban J connectivity index is 2.37. The van der Waals surface area contributed by atoms with Crippen molar-refractivity contribution in [3.63, 3.8) is 0 Å². The first-order valence-electron chi connectivity index (χ1n) is 4.81. The van der Waals surface area contributed by atoms with E-state index in [4.69, 9.17) is 5.41 Å². The zero-order chi connectivity index (χ0) is 11.9. The third-order valence-corrected chi connectivity index (χ3v) is 3.88. The summed E-state index contributed by atoms with van der Waals surface area (Å²) in [5.41, 5.74) is -0.807. The van der Waals surface area contributed by atoms with E-state index in [1.54, 1.807) is 12.3 Å². The number of thiophene rings is 1. The minimum Gasteiger partial charge on any atom is -0.345 e. The molecule has 1 aliphatic rings. The number of guanidine groups is 1. The van der Waals surface area contributed by atoms with Crippen LogP contribution in [-0.4, -0.2) is 23.8 Å². The van der Waals surface area contributed by atoms with Crippen molar-refractivity contribution < 1.29 is 9.18 Å². The second-order valence-electron chi connectivity index (χ2n) is 4.03. The summed E-state index contributed by atoms with van der Waals surface area (Å²) < 4.78 is 13.5. The standard InChI is InChI=1S/C10H12FN3OS/c1-10(8-6(11)3-4-16-8)5-7(15)14(2)9(12)13-10/h3-4H,5H2,1-2H3,(H2,12,13)/t10-/m0/s1. The number of hydrogen-bond donors (Lipinski definition) is 2. The number of halogens is 1. The number of carbonyl (C=O) groups excluding carboxylic acids is 1. The fourth-order valence-corrected chi connectivity index (χ4v) is 2.65. The molecule has 1 aromatic rings. The van der Waals surface area contributed by atoms with E-state index < -0.39 is 5.54 Å². The Hall–Kier alpha value is -1.43. The Morgan fingerprint density at radius 3 is 2.88 bits per heavy atom. The summed E-state index contributed by atoms with van der Waals surface area (Å²) in [6.07, 6.45) is 0.156. The highest BCUT2D eigenvalue weighted by molar-refractivity contribution is 7.10. The molecule has 0 bridgehead atoms. The van der Waals surface area contributed by atoms with Gasteiger partial charge in [-0.3, -0.25) is 15.1 Å². The molecule has 86 valence electrons. The molecule has 2 N–H and O–H groups in total. The molecule has 6 heteroatoms. The lowest BCUT2D eigenvalue weighted by molar-refractivity contribution is -0.129. The Kier molecular flexibility index (Phi) is 2.46. The normalized spacial score (nSPS) is 25.8. The molecule has 0 saturated carbocycles. The first kappa shape index (κ1) is 11.1. The van der Waals surface area contributed by atoms with E-state index in [0.717, 1.165) is 0 Å². The zero-order valence-corrected chi connectivity index (χ0v) is 9.82. The average Bonchev–Trinajstić information content (AvgIpc) is 2.61. The molecular weight excluding hydrogens is 229 g/mol. The summed E-state index contributed by atoms with van der Waals surface area (Å²) in [6, 6.07) is 1.37. The Morgan fingerprint density at radius 1 is 1.69 bits per heavy atom. The lowest BCUT2D eigenvalue weighted by atomic mass is 9.93. The molecule has 2 heterocycles. The minimum absolute atomic E-state index is 0.00606. The molecule has 4 nitrogen and oxygen atoms in total. The van der Waals surface area contributed by atoms with Crippen molar-refractivity contribution in [3.8, 4) is 0 Å². The molecular formula is C10H12FN3OS. The van der Waals surface area contributed by atoms with Crippen LogP contribution in [0.5, 0.6) is 0 Å². The SMILES string of the molecule is CN1C(=N)N[C@](C)(c2sccc2F)CC1=O. The van der Waals surface area contributed by atoms with Crippen LogP contribution in [0, 0.1) is 11.2 Å². The van der Waals surface area contributed by atoms with Crippen LogP contribution in [-0.2, 0) is 10.3 Å². The van der Waals surface area contributed by atoms with Crippen LogP contribution in [0.3, 0.4) is 0 Å². The summed E-state index contributed by atoms with van der Waals surface area (Å²) in [6.45, 7) is 1.74. The molecule has 16 heavy (non-hydrogen) atoms. The van der Waals surface area contributed by atoms with Crippen molar-refractivity contribution in [1.82, 2.24) is 10.2 Å². The summed E-state index contributed by atoms with van der Waals surface area (Å²) in [7, 11) is 1.53. The summed E-state index contributed by atoms with van der Waals surface area (Å²) >= 11 is 1.26. The van der Waals surface area contributed by atoms with E-state index in [0.29, 0.717) is 4.88 Å². The van der Waals surface area contributed by atoms with Gasteiger partial charge in [0.05, 0.1) is 16.8 Å². The maximum atomic E-state index is 13.5. The van der Waals surface area contributed by atoms with E-state index in [9.17, 15) is 9.18 Å². The molecule has 1 aliphatic heterocycles. The third-order valence-electron chi connectivity index (χ3n) is 2.73. The molecule has 2 rings (SSSR count). The van der Waals surface area contributed by atoms with E-state index in [2.05, 4.69) is 5.32 Å². The van der Waals surface area contributed by atoms with Gasteiger partial charge in [-0.2, -0.15) is 0 Å². The Labute approximate surface area is 96.6 Å². The summed E-state index contributed by atoms with van der Waals surface area (Å²) in [5, 5.41) is 12.1. The van der Waals surface area contributed by atoms with Crippen molar-refractivity contribution in [2.75, 3.05) is 7.05 Å². The zero-order valence-electron chi connectivity index (χ0n) is 9.00. The van der Waals surface area contributed by atoms with Gasteiger partial charge in [0.1, 0.15) is 5.82 Å². The van der Waals surface area contributed by atoms with Crippen LogP contribution in [0.4, 0.5) is 4.39 Å². The van der Waals surface area contributed by atoms with Gasteiger partial charge in [0, 0.05) is 7.05 Å². The van der Waals surface area contributed by atoms with Crippen molar-refractivity contribution in [1.29, 1.82) is 5.41 Å². The van der Waals surface area contributed by atoms with Crippen LogP contribution in [0.25, 0.3) is 0 Å². The third kappa shape index (κ3) is 1.59. The van der Waals surface area contributed by atoms with Gasteiger partial charge in [0.2, 0.25) is 5.91 Å². The first-order valence-corrected chi connectivity index (χ1v) is 5.69. The Morgan fingerprint density at radius 2 is 2.38 bits per heavy atom. The van der Waals surface area contributed by atoms with Gasteiger partial charge in [-0.05, 0) is 18.4 Å². The molecule has 0 aliphatic carbocycles. The number of amides is 1. The minimum atomic E-state index is -0.807. The molecule has 1 fully saturated rings. The lowest BCUT2D eigenvalue weighted by Crippen LogP contribution is -2.58. The maximum Gasteiger partial charge on any atom is 0.231 e. The fourth-order valence-electron chi connectivity index (χ4n) is 1.76. The van der Waals surface area contributed by atoms with Crippen LogP contribution in [0.1, 0.15) is 18.2 Å². The fraction of sp³-hybridized carbons (Fsp3) is 0.400. The van der Waals surface area contributed by atoms with Crippen LogP contribution in [0.2, 0.25) is 0 Å². The van der Waals surface area contributed by atoms with Crippen LogP contribution in [0.15, 0.2) is 11.4 Å². The lowest BCUT2D eigenvalue weighted by Gasteiger charge is -2.38. The largest absolute Gasteiger partial charge is 0.345 e. The highest BCUT2D eigenvalue weighted by Gasteiger charge is 2.40. The number of nitrogens with one attached hydrogen (secondary N) is 2. The molecule has 0 aromatic carbocycles. The van der Waals surface area contributed by atoms with Gasteiger partial charge in [-0.25, -0.2) is 4.39 Å². The van der Waals surface area contributed by atoms with Crippen LogP contribution < -0.4 is 5.32 Å². The van der Waals surface area contributed by atoms with Gasteiger partial charge in [0.15, 0.2) is 5.96 Å². The predicted octanol–water partition coefficient (Wildman–Crippen LogP) is 1.49. The highest BCUT2D eigenvalue weighted by Crippen LogP contribution is 2.33. The predicted molar refractivity (Wildman–Crippen MR) is 59.9 cm³/mol. The summed E-state index contributed by atoms with van der Waals surface area (Å²) in [5.74, 6) is -0.504. The van der Waals surface area contributed by atoms with Crippen molar-refractivity contribution in [2.24, 2.45) is 0 Å². The monoisotopic (exact) mass is 241 g/mol. The van der Waals surface area contributed by atoms with Gasteiger partial charge < -0.3 is 5.32 Å². The average molecular weight is 241 g/mol. The number of carbonyl (C=O) groups is 1. The second-order valence-corrected chi connectivity index (χ2v) is 4.95. The molecule has 0 radical (unpaired) electrons. The first-order chi connectivity index (χ1) is 7.44. The van der Waals surface area contributed by atoms with E-state index in [1.165, 1.54) is 29.4 Å². The van der Waals surface area contributed by atoms with E-state index in [-0.39, 0.29) is 24.1 Å². The molecule has 1 aromatic heterocycles. The van der Waals surface area contributed by atoms with Gasteiger partial charge in [-0.15, -0.1) is 11.3 Å². The Bertz CT molecular complexity index is 439. The van der Waals surface area contributed by atoms with Crippen molar-refractivity contribution in [2.45, 2.75) is 18.9 Å². The van der Waals surface area contributed by atoms with E-state index in [1.807, 2.05) is 0 Å². The van der Waals surface area contributed by atoms with Crippen molar-refractivity contribution >= 4 is 23.2 Å². The van der Waals surface area contributed by atoms with Crippen molar-refractivity contribution in [3.05, 3.63) is 22.1 Å². The number of rotatable bonds is 1. The molecule has 0 unspecified atom stereocenters. The molecule has 1 saturated heterocycles. The van der Waals surface area contributed by atoms with Gasteiger partial charge in [-0.1, -0.05) is 0 Å². The number of hydrogen-bond acceptors (Lipinski definition) is 3. The molecule has 0 spiro atoms. The van der Waals surface area contributed by atoms with Gasteiger partial charge >= 0.3 is 0 Å². The maximum absolute atomic E-state index is 13.5. The second kappa shape index (κ2) is 3.55. The highest BCUT2D eigenvalue weighted by atomic mass is 32.1. The molecule has 1 amide bonds. The van der Waals surface area contributed by atoms with Gasteiger partial charge in [0.25, 0.3) is 0 Å². The number of nitrogens with zero attached hydrogens (tertiary/aromatic N) is 1. The molecule has 1 atom stereocenters. The topological polar surface area (TPSA) is 56.2 Å². The summed E-state index contributed by atoms with van der Waals surface area (Å²) in [4.78, 5) is 13.4. The smallest absolute Gasteiger partial charge is 0.231 e. The van der Waals surface area contributed by atoms with Crippen LogP contribution >= 0.6 is 11.3 Å². The van der Waals surface area contributed by atoms with E-state index >= 15 is 0 Å².